The molecule has 1 aliphatic heterocycles. The second kappa shape index (κ2) is 5.19. The summed E-state index contributed by atoms with van der Waals surface area (Å²) >= 11 is 0. The smallest absolute Gasteiger partial charge is 0.0741 e. The monoisotopic (exact) mass is 237 g/mol. The van der Waals surface area contributed by atoms with E-state index in [1.807, 2.05) is 17.1 Å². The van der Waals surface area contributed by atoms with Crippen molar-refractivity contribution in [2.24, 2.45) is 5.92 Å². The van der Waals surface area contributed by atoms with E-state index in [2.05, 4.69) is 24.3 Å². The van der Waals surface area contributed by atoms with Gasteiger partial charge in [-0.1, -0.05) is 6.92 Å². The van der Waals surface area contributed by atoms with Crippen molar-refractivity contribution >= 4 is 0 Å². The average molecular weight is 237 g/mol. The second-order valence-corrected chi connectivity index (χ2v) is 5.04. The first-order valence-corrected chi connectivity index (χ1v) is 6.62. The van der Waals surface area contributed by atoms with Crippen molar-refractivity contribution in [3.63, 3.8) is 0 Å². The van der Waals surface area contributed by atoms with Crippen LogP contribution in [0.4, 0.5) is 0 Å². The Bertz CT molecular complexity index is 363. The fraction of sp³-hybridized carbons (Fsp3) is 0.769. The van der Waals surface area contributed by atoms with Gasteiger partial charge in [-0.3, -0.25) is 4.68 Å². The lowest BCUT2D eigenvalue weighted by Crippen LogP contribution is -2.51. The van der Waals surface area contributed by atoms with E-state index >= 15 is 0 Å². The number of nitrogens with one attached hydrogen (secondary N) is 1. The van der Waals surface area contributed by atoms with Crippen molar-refractivity contribution in [3.8, 4) is 0 Å². The maximum Gasteiger partial charge on any atom is 0.0741 e. The van der Waals surface area contributed by atoms with E-state index in [0.29, 0.717) is 5.92 Å². The zero-order valence-corrected chi connectivity index (χ0v) is 10.8. The summed E-state index contributed by atoms with van der Waals surface area (Å²) in [6.07, 6.45) is 6.52. The molecule has 1 aromatic heterocycles. The van der Waals surface area contributed by atoms with Crippen LogP contribution in [0, 0.1) is 5.92 Å². The number of hydrogen-bond acceptors (Lipinski definition) is 3. The van der Waals surface area contributed by atoms with Crippen LogP contribution in [0.2, 0.25) is 0 Å². The molecule has 4 heteroatoms. The molecule has 2 unspecified atom stereocenters. The van der Waals surface area contributed by atoms with Crippen molar-refractivity contribution in [2.75, 3.05) is 13.1 Å². The van der Waals surface area contributed by atoms with E-state index < -0.39 is 5.60 Å². The Morgan fingerprint density at radius 1 is 1.59 bits per heavy atom. The van der Waals surface area contributed by atoms with E-state index in [9.17, 15) is 5.11 Å². The maximum atomic E-state index is 10.8. The quantitative estimate of drug-likeness (QED) is 0.827. The fourth-order valence-corrected chi connectivity index (χ4v) is 2.76. The molecule has 2 heterocycles. The van der Waals surface area contributed by atoms with Crippen LogP contribution in [-0.4, -0.2) is 33.6 Å². The largest absolute Gasteiger partial charge is 0.389 e. The summed E-state index contributed by atoms with van der Waals surface area (Å²) in [5.74, 6) is 0.348. The zero-order chi connectivity index (χ0) is 12.3. The normalized spacial score (nSPS) is 29.5. The first-order chi connectivity index (χ1) is 8.18. The molecule has 0 saturated carbocycles. The Balaban J connectivity index is 2.08. The summed E-state index contributed by atoms with van der Waals surface area (Å²) < 4.78 is 1.92. The van der Waals surface area contributed by atoms with E-state index in [0.717, 1.165) is 44.5 Å². The number of nitrogens with zero attached hydrogens (tertiary/aromatic N) is 2. The molecule has 17 heavy (non-hydrogen) atoms. The highest BCUT2D eigenvalue weighted by Crippen LogP contribution is 2.30. The van der Waals surface area contributed by atoms with Crippen molar-refractivity contribution in [2.45, 2.75) is 45.3 Å². The van der Waals surface area contributed by atoms with Gasteiger partial charge in [0.25, 0.3) is 0 Å². The summed E-state index contributed by atoms with van der Waals surface area (Å²) in [7, 11) is 0. The number of aliphatic hydroxyl groups is 1. The highest BCUT2D eigenvalue weighted by atomic mass is 16.3. The van der Waals surface area contributed by atoms with Gasteiger partial charge in [0.05, 0.1) is 11.8 Å². The molecule has 2 N–H and O–H groups in total. The van der Waals surface area contributed by atoms with Gasteiger partial charge in [0.2, 0.25) is 0 Å². The molecule has 0 spiro atoms. The minimum absolute atomic E-state index is 0.348. The van der Waals surface area contributed by atoms with Crippen molar-refractivity contribution in [1.29, 1.82) is 0 Å². The lowest BCUT2D eigenvalue weighted by atomic mass is 9.76. The van der Waals surface area contributed by atoms with Gasteiger partial charge in [-0.15, -0.1) is 0 Å². The maximum absolute atomic E-state index is 10.8. The Morgan fingerprint density at radius 2 is 2.41 bits per heavy atom. The number of aryl methyl sites for hydroxylation is 1. The van der Waals surface area contributed by atoms with Crippen LogP contribution in [0.5, 0.6) is 0 Å². The van der Waals surface area contributed by atoms with Crippen LogP contribution in [0.15, 0.2) is 12.4 Å². The van der Waals surface area contributed by atoms with Gasteiger partial charge in [0.1, 0.15) is 0 Å². The molecule has 0 bridgehead atoms. The van der Waals surface area contributed by atoms with Gasteiger partial charge in [0, 0.05) is 31.6 Å². The Morgan fingerprint density at radius 3 is 3.06 bits per heavy atom. The zero-order valence-electron chi connectivity index (χ0n) is 10.8. The van der Waals surface area contributed by atoms with E-state index in [-0.39, 0.29) is 0 Å². The second-order valence-electron chi connectivity index (χ2n) is 5.04. The topological polar surface area (TPSA) is 50.1 Å². The molecule has 96 valence electrons. The third kappa shape index (κ3) is 2.69. The van der Waals surface area contributed by atoms with Crippen LogP contribution in [-0.2, 0) is 13.0 Å². The molecule has 0 aliphatic carbocycles. The molecule has 0 amide bonds. The van der Waals surface area contributed by atoms with Gasteiger partial charge >= 0.3 is 0 Å². The summed E-state index contributed by atoms with van der Waals surface area (Å²) in [6, 6.07) is 0. The molecule has 1 aromatic rings. The summed E-state index contributed by atoms with van der Waals surface area (Å²) in [4.78, 5) is 0. The van der Waals surface area contributed by atoms with Gasteiger partial charge in [0.15, 0.2) is 0 Å². The number of hydrogen-bond donors (Lipinski definition) is 2. The van der Waals surface area contributed by atoms with Crippen LogP contribution in [0.3, 0.4) is 0 Å². The Labute approximate surface area is 103 Å². The fourth-order valence-electron chi connectivity index (χ4n) is 2.76. The van der Waals surface area contributed by atoms with Crippen molar-refractivity contribution in [1.82, 2.24) is 15.1 Å². The Hall–Kier alpha value is -0.870. The van der Waals surface area contributed by atoms with Gasteiger partial charge in [-0.25, -0.2) is 0 Å². The SMILES string of the molecule is CCC1CNCCC1(O)Cc1cnn(CC)c1. The standard InChI is InChI=1S/C13H23N3O/c1-3-12-9-14-6-5-13(12,17)7-11-8-15-16(4-2)10-11/h8,10,12,14,17H,3-7,9H2,1-2H3. The Kier molecular flexibility index (Phi) is 3.84. The molecule has 2 rings (SSSR count). The van der Waals surface area contributed by atoms with E-state index in [1.165, 1.54) is 0 Å². The number of aromatic nitrogens is 2. The molecular formula is C13H23N3O. The molecule has 1 aliphatic rings. The first-order valence-electron chi connectivity index (χ1n) is 6.62. The van der Waals surface area contributed by atoms with Crippen LogP contribution in [0.25, 0.3) is 0 Å². The van der Waals surface area contributed by atoms with Crippen LogP contribution < -0.4 is 5.32 Å². The average Bonchev–Trinajstić information content (AvgIpc) is 2.76. The first kappa shape index (κ1) is 12.6. The van der Waals surface area contributed by atoms with Gasteiger partial charge in [-0.05, 0) is 31.9 Å². The molecule has 4 nitrogen and oxygen atoms in total. The third-order valence-electron chi connectivity index (χ3n) is 3.90. The van der Waals surface area contributed by atoms with Crippen molar-refractivity contribution in [3.05, 3.63) is 18.0 Å². The molecule has 0 aromatic carbocycles. The lowest BCUT2D eigenvalue weighted by molar-refractivity contribution is -0.0414. The van der Waals surface area contributed by atoms with Gasteiger partial charge < -0.3 is 10.4 Å². The van der Waals surface area contributed by atoms with Crippen LogP contribution >= 0.6 is 0 Å². The van der Waals surface area contributed by atoms with Gasteiger partial charge in [-0.2, -0.15) is 5.10 Å². The molecule has 0 radical (unpaired) electrons. The highest BCUT2D eigenvalue weighted by molar-refractivity contribution is 5.10. The third-order valence-corrected chi connectivity index (χ3v) is 3.90. The number of piperidine rings is 1. The van der Waals surface area contributed by atoms with Crippen molar-refractivity contribution < 1.29 is 5.11 Å². The number of rotatable bonds is 4. The minimum Gasteiger partial charge on any atom is -0.389 e. The summed E-state index contributed by atoms with van der Waals surface area (Å²) in [6.45, 7) is 6.95. The molecule has 1 fully saturated rings. The predicted octanol–water partition coefficient (Wildman–Crippen LogP) is 1.20. The van der Waals surface area contributed by atoms with E-state index in [1.54, 1.807) is 0 Å². The lowest BCUT2D eigenvalue weighted by Gasteiger charge is -2.40. The minimum atomic E-state index is -0.554. The molecular weight excluding hydrogens is 214 g/mol. The summed E-state index contributed by atoms with van der Waals surface area (Å²) in [5, 5.41) is 18.4. The highest BCUT2D eigenvalue weighted by Gasteiger charge is 2.37. The van der Waals surface area contributed by atoms with Crippen LogP contribution in [0.1, 0.15) is 32.3 Å². The molecule has 1 saturated heterocycles. The molecule has 2 atom stereocenters. The van der Waals surface area contributed by atoms with E-state index in [4.69, 9.17) is 0 Å². The summed E-state index contributed by atoms with van der Waals surface area (Å²) in [5.41, 5.74) is 0.594. The predicted molar refractivity (Wildman–Crippen MR) is 67.8 cm³/mol.